The number of aryl methyl sites for hydroxylation is 1. The van der Waals surface area contributed by atoms with Crippen LogP contribution in [0.5, 0.6) is 0 Å². The lowest BCUT2D eigenvalue weighted by atomic mass is 10.1. The minimum atomic E-state index is 0.719. The summed E-state index contributed by atoms with van der Waals surface area (Å²) in [6.45, 7) is 2.12. The number of aldehydes is 1. The number of carbonyl (C=O) groups excluding carboxylic acids is 1. The molecule has 0 unspecified atom stereocenters. The van der Waals surface area contributed by atoms with E-state index < -0.39 is 0 Å². The van der Waals surface area contributed by atoms with Crippen LogP contribution in [0.1, 0.15) is 23.0 Å². The van der Waals surface area contributed by atoms with Gasteiger partial charge in [0.1, 0.15) is 0 Å². The van der Waals surface area contributed by atoms with Crippen molar-refractivity contribution in [1.82, 2.24) is 4.40 Å². The third-order valence-corrected chi connectivity index (χ3v) is 4.26. The van der Waals surface area contributed by atoms with Gasteiger partial charge in [-0.2, -0.15) is 0 Å². The first-order chi connectivity index (χ1) is 9.72. The number of halogens is 1. The van der Waals surface area contributed by atoms with Crippen molar-refractivity contribution < 1.29 is 4.79 Å². The van der Waals surface area contributed by atoms with E-state index >= 15 is 0 Å². The molecule has 3 heteroatoms. The fourth-order valence-electron chi connectivity index (χ4n) is 2.42. The van der Waals surface area contributed by atoms with E-state index in [1.54, 1.807) is 0 Å². The lowest BCUT2D eigenvalue weighted by Crippen LogP contribution is -1.94. The zero-order valence-corrected chi connectivity index (χ0v) is 13.3. The highest BCUT2D eigenvalue weighted by molar-refractivity contribution is 14.1. The van der Waals surface area contributed by atoms with Gasteiger partial charge in [0.15, 0.2) is 6.29 Å². The van der Waals surface area contributed by atoms with E-state index in [2.05, 4.69) is 78.2 Å². The van der Waals surface area contributed by atoms with Gasteiger partial charge in [-0.3, -0.25) is 4.79 Å². The molecule has 100 valence electrons. The van der Waals surface area contributed by atoms with E-state index in [1.165, 1.54) is 9.13 Å². The second-order valence-electron chi connectivity index (χ2n) is 4.75. The quantitative estimate of drug-likeness (QED) is 0.485. The molecule has 1 aromatic carbocycles. The second kappa shape index (κ2) is 5.40. The molecule has 0 saturated heterocycles. The number of hydrogen-bond donors (Lipinski definition) is 0. The predicted octanol–water partition coefficient (Wildman–Crippen LogP) is 4.59. The van der Waals surface area contributed by atoms with Crippen molar-refractivity contribution >= 4 is 34.4 Å². The molecule has 0 aliphatic heterocycles. The van der Waals surface area contributed by atoms with Crippen molar-refractivity contribution in [3.8, 4) is 11.1 Å². The van der Waals surface area contributed by atoms with Crippen molar-refractivity contribution in [3.63, 3.8) is 0 Å². The Bertz CT molecular complexity index is 772. The first kappa shape index (κ1) is 13.4. The molecular formula is C17H14INO. The molecule has 0 bridgehead atoms. The maximum Gasteiger partial charge on any atom is 0.167 e. The molecule has 0 atom stereocenters. The minimum Gasteiger partial charge on any atom is -0.313 e. The average Bonchev–Trinajstić information content (AvgIpc) is 2.85. The molecule has 0 N–H and O–H groups in total. The van der Waals surface area contributed by atoms with Crippen LogP contribution in [0.2, 0.25) is 0 Å². The molecular weight excluding hydrogens is 361 g/mol. The van der Waals surface area contributed by atoms with E-state index in [1.807, 2.05) is 4.40 Å². The average molecular weight is 375 g/mol. The Morgan fingerprint density at radius 3 is 2.55 bits per heavy atom. The van der Waals surface area contributed by atoms with E-state index in [0.717, 1.165) is 35.0 Å². The summed E-state index contributed by atoms with van der Waals surface area (Å²) < 4.78 is 3.18. The second-order valence-corrected chi connectivity index (χ2v) is 6.00. The molecule has 3 rings (SSSR count). The van der Waals surface area contributed by atoms with Crippen LogP contribution in [0.15, 0.2) is 48.7 Å². The van der Waals surface area contributed by atoms with E-state index in [4.69, 9.17) is 0 Å². The highest BCUT2D eigenvalue weighted by atomic mass is 127. The Kier molecular flexibility index (Phi) is 3.61. The molecule has 0 fully saturated rings. The third kappa shape index (κ3) is 2.26. The Hall–Kier alpha value is -1.62. The van der Waals surface area contributed by atoms with Crippen LogP contribution in [-0.4, -0.2) is 10.7 Å². The number of rotatable bonds is 3. The van der Waals surface area contributed by atoms with Gasteiger partial charge in [0.25, 0.3) is 0 Å². The van der Waals surface area contributed by atoms with Gasteiger partial charge < -0.3 is 4.40 Å². The number of benzene rings is 1. The van der Waals surface area contributed by atoms with Crippen LogP contribution >= 0.6 is 22.6 Å². The maximum absolute atomic E-state index is 11.5. The summed E-state index contributed by atoms with van der Waals surface area (Å²) in [4.78, 5) is 11.5. The summed E-state index contributed by atoms with van der Waals surface area (Å²) in [7, 11) is 0. The van der Waals surface area contributed by atoms with Crippen LogP contribution in [0, 0.1) is 3.57 Å². The van der Waals surface area contributed by atoms with Gasteiger partial charge in [0.05, 0.1) is 5.69 Å². The Morgan fingerprint density at radius 2 is 1.90 bits per heavy atom. The Morgan fingerprint density at radius 1 is 1.15 bits per heavy atom. The Balaban J connectivity index is 2.25. The smallest absolute Gasteiger partial charge is 0.167 e. The first-order valence-electron chi connectivity index (χ1n) is 6.58. The molecule has 2 aromatic heterocycles. The molecule has 0 spiro atoms. The number of carbonyl (C=O) groups is 1. The highest BCUT2D eigenvalue weighted by Gasteiger charge is 2.11. The van der Waals surface area contributed by atoms with Crippen LogP contribution in [0.4, 0.5) is 0 Å². The molecule has 2 heterocycles. The monoisotopic (exact) mass is 375 g/mol. The normalized spacial score (nSPS) is 10.9. The van der Waals surface area contributed by atoms with E-state index in [9.17, 15) is 4.79 Å². The van der Waals surface area contributed by atoms with Gasteiger partial charge in [-0.25, -0.2) is 0 Å². The number of nitrogens with zero attached hydrogens (tertiary/aromatic N) is 1. The predicted molar refractivity (Wildman–Crippen MR) is 90.3 cm³/mol. The summed E-state index contributed by atoms with van der Waals surface area (Å²) in [6.07, 6.45) is 3.96. The maximum atomic E-state index is 11.5. The fourth-order valence-corrected chi connectivity index (χ4v) is 2.78. The van der Waals surface area contributed by atoms with Gasteiger partial charge in [0, 0.05) is 20.8 Å². The lowest BCUT2D eigenvalue weighted by molar-refractivity contribution is 0.111. The zero-order chi connectivity index (χ0) is 14.1. The lowest BCUT2D eigenvalue weighted by Gasteiger charge is -2.02. The minimum absolute atomic E-state index is 0.719. The summed E-state index contributed by atoms with van der Waals surface area (Å²) in [5.41, 5.74) is 5.07. The first-order valence-corrected chi connectivity index (χ1v) is 7.66. The van der Waals surface area contributed by atoms with E-state index in [0.29, 0.717) is 0 Å². The molecule has 0 radical (unpaired) electrons. The van der Waals surface area contributed by atoms with E-state index in [-0.39, 0.29) is 0 Å². The SMILES string of the molecule is CCc1ccc2cc(-c3ccc(I)cc3)c(C=O)n2c1. The third-order valence-electron chi connectivity index (χ3n) is 3.54. The number of fused-ring (bicyclic) bond motifs is 1. The van der Waals surface area contributed by atoms with Crippen molar-refractivity contribution in [2.45, 2.75) is 13.3 Å². The molecule has 0 saturated carbocycles. The van der Waals surface area contributed by atoms with Gasteiger partial charge in [-0.05, 0) is 64.4 Å². The summed E-state index contributed by atoms with van der Waals surface area (Å²) in [5, 5.41) is 0. The van der Waals surface area contributed by atoms with Gasteiger partial charge in [-0.15, -0.1) is 0 Å². The van der Waals surface area contributed by atoms with Crippen LogP contribution < -0.4 is 0 Å². The van der Waals surface area contributed by atoms with Crippen molar-refractivity contribution in [2.24, 2.45) is 0 Å². The highest BCUT2D eigenvalue weighted by Crippen LogP contribution is 2.27. The topological polar surface area (TPSA) is 21.5 Å². The molecule has 20 heavy (non-hydrogen) atoms. The van der Waals surface area contributed by atoms with Crippen LogP contribution in [0.25, 0.3) is 16.6 Å². The molecule has 0 aliphatic carbocycles. The number of pyridine rings is 1. The summed E-state index contributed by atoms with van der Waals surface area (Å²) >= 11 is 2.28. The fraction of sp³-hybridized carbons (Fsp3) is 0.118. The summed E-state index contributed by atoms with van der Waals surface area (Å²) in [6, 6.07) is 14.5. The zero-order valence-electron chi connectivity index (χ0n) is 11.1. The molecule has 3 aromatic rings. The number of hydrogen-bond acceptors (Lipinski definition) is 1. The van der Waals surface area contributed by atoms with Crippen molar-refractivity contribution in [3.05, 3.63) is 63.5 Å². The largest absolute Gasteiger partial charge is 0.313 e. The Labute approximate surface area is 131 Å². The van der Waals surface area contributed by atoms with Crippen LogP contribution in [0.3, 0.4) is 0 Å². The van der Waals surface area contributed by atoms with Crippen LogP contribution in [-0.2, 0) is 6.42 Å². The molecule has 0 aliphatic rings. The molecule has 0 amide bonds. The standard InChI is InChI=1S/C17H14INO/c1-2-12-3-8-15-9-16(17(11-20)19(15)10-12)13-4-6-14(18)7-5-13/h3-11H,2H2,1H3. The number of aromatic nitrogens is 1. The summed E-state index contributed by atoms with van der Waals surface area (Å²) in [5.74, 6) is 0. The van der Waals surface area contributed by atoms with Gasteiger partial charge in [0.2, 0.25) is 0 Å². The van der Waals surface area contributed by atoms with Crippen molar-refractivity contribution in [2.75, 3.05) is 0 Å². The van der Waals surface area contributed by atoms with Gasteiger partial charge in [-0.1, -0.05) is 25.1 Å². The van der Waals surface area contributed by atoms with Gasteiger partial charge >= 0.3 is 0 Å². The molecule has 2 nitrogen and oxygen atoms in total. The van der Waals surface area contributed by atoms with Crippen molar-refractivity contribution in [1.29, 1.82) is 0 Å².